The van der Waals surface area contributed by atoms with E-state index in [-0.39, 0.29) is 30.2 Å². The van der Waals surface area contributed by atoms with E-state index in [0.29, 0.717) is 11.3 Å². The van der Waals surface area contributed by atoms with Crippen LogP contribution >= 0.6 is 0 Å². The Kier molecular flexibility index (Phi) is 5.44. The normalized spacial score (nSPS) is 17.6. The second-order valence-electron chi connectivity index (χ2n) is 6.17. The van der Waals surface area contributed by atoms with E-state index in [2.05, 4.69) is 6.58 Å². The van der Waals surface area contributed by atoms with Crippen molar-refractivity contribution in [3.8, 4) is 5.75 Å². The van der Waals surface area contributed by atoms with Gasteiger partial charge in [-0.1, -0.05) is 38.1 Å². The van der Waals surface area contributed by atoms with E-state index in [0.717, 1.165) is 0 Å². The molecule has 1 aromatic rings. The molecule has 1 unspecified atom stereocenters. The van der Waals surface area contributed by atoms with Crippen LogP contribution < -0.4 is 4.74 Å². The molecular formula is C19H23NO4. The molecule has 5 heteroatoms. The van der Waals surface area contributed by atoms with Crippen LogP contribution in [0, 0.1) is 5.92 Å². The molecule has 0 bridgehead atoms. The molecule has 5 nitrogen and oxygen atoms in total. The third-order valence-corrected chi connectivity index (χ3v) is 3.96. The van der Waals surface area contributed by atoms with Crippen molar-refractivity contribution in [1.82, 2.24) is 4.90 Å². The SMILES string of the molecule is C=CCN1C(=O)C(O)=C(C(=O)CC(C)C)C1c1ccccc1OC. The van der Waals surface area contributed by atoms with Crippen LogP contribution in [0.4, 0.5) is 0 Å². The lowest BCUT2D eigenvalue weighted by molar-refractivity contribution is -0.128. The van der Waals surface area contributed by atoms with Crippen LogP contribution in [0.15, 0.2) is 48.3 Å². The first-order valence-electron chi connectivity index (χ1n) is 7.93. The number of methoxy groups -OCH3 is 1. The molecule has 1 atom stereocenters. The number of hydrogen-bond acceptors (Lipinski definition) is 4. The average molecular weight is 329 g/mol. The number of ether oxygens (including phenoxy) is 1. The van der Waals surface area contributed by atoms with Gasteiger partial charge in [0.2, 0.25) is 0 Å². The molecule has 1 heterocycles. The van der Waals surface area contributed by atoms with Crippen molar-refractivity contribution in [2.24, 2.45) is 5.92 Å². The number of hydrogen-bond donors (Lipinski definition) is 1. The fourth-order valence-electron chi connectivity index (χ4n) is 2.96. The van der Waals surface area contributed by atoms with Crippen LogP contribution in [-0.2, 0) is 9.59 Å². The maximum atomic E-state index is 12.7. The van der Waals surface area contributed by atoms with Crippen LogP contribution in [0.1, 0.15) is 31.9 Å². The summed E-state index contributed by atoms with van der Waals surface area (Å²) < 4.78 is 5.38. The number of carbonyl (C=O) groups excluding carboxylic acids is 2. The Hall–Kier alpha value is -2.56. The number of amides is 1. The van der Waals surface area contributed by atoms with Crippen LogP contribution in [0.3, 0.4) is 0 Å². The number of rotatable bonds is 7. The van der Waals surface area contributed by atoms with Crippen LogP contribution in [0.25, 0.3) is 0 Å². The minimum atomic E-state index is -0.669. The fraction of sp³-hybridized carbons (Fsp3) is 0.368. The maximum Gasteiger partial charge on any atom is 0.290 e. The largest absolute Gasteiger partial charge is 0.503 e. The first-order valence-corrected chi connectivity index (χ1v) is 7.93. The molecule has 0 aromatic heterocycles. The van der Waals surface area contributed by atoms with Gasteiger partial charge in [0.05, 0.1) is 18.7 Å². The highest BCUT2D eigenvalue weighted by molar-refractivity contribution is 6.09. The molecule has 1 amide bonds. The Morgan fingerprint density at radius 1 is 1.42 bits per heavy atom. The van der Waals surface area contributed by atoms with Crippen LogP contribution in [0.5, 0.6) is 5.75 Å². The van der Waals surface area contributed by atoms with Crippen LogP contribution in [-0.4, -0.2) is 35.4 Å². The zero-order valence-electron chi connectivity index (χ0n) is 14.3. The van der Waals surface area contributed by atoms with Crippen molar-refractivity contribution in [3.63, 3.8) is 0 Å². The molecular weight excluding hydrogens is 306 g/mol. The first-order chi connectivity index (χ1) is 11.4. The number of para-hydroxylation sites is 1. The summed E-state index contributed by atoms with van der Waals surface area (Å²) >= 11 is 0. The summed E-state index contributed by atoms with van der Waals surface area (Å²) in [6, 6.07) is 6.53. The molecule has 0 spiro atoms. The van der Waals surface area contributed by atoms with Crippen molar-refractivity contribution in [2.45, 2.75) is 26.3 Å². The molecule has 1 aliphatic heterocycles. The van der Waals surface area contributed by atoms with Gasteiger partial charge in [-0.3, -0.25) is 9.59 Å². The van der Waals surface area contributed by atoms with E-state index in [1.165, 1.54) is 12.0 Å². The van der Waals surface area contributed by atoms with Crippen molar-refractivity contribution >= 4 is 11.7 Å². The number of aliphatic hydroxyl groups excluding tert-OH is 1. The van der Waals surface area contributed by atoms with E-state index in [4.69, 9.17) is 4.74 Å². The van der Waals surface area contributed by atoms with Gasteiger partial charge in [-0.2, -0.15) is 0 Å². The van der Waals surface area contributed by atoms with E-state index in [9.17, 15) is 14.7 Å². The Balaban J connectivity index is 2.58. The smallest absolute Gasteiger partial charge is 0.290 e. The summed E-state index contributed by atoms with van der Waals surface area (Å²) in [5.74, 6) is -0.566. The number of aliphatic hydroxyl groups is 1. The molecule has 0 fully saturated rings. The molecule has 0 saturated heterocycles. The van der Waals surface area contributed by atoms with Gasteiger partial charge >= 0.3 is 0 Å². The zero-order valence-corrected chi connectivity index (χ0v) is 14.3. The first kappa shape index (κ1) is 17.8. The van der Waals surface area contributed by atoms with Gasteiger partial charge in [-0.25, -0.2) is 0 Å². The fourth-order valence-corrected chi connectivity index (χ4v) is 2.96. The van der Waals surface area contributed by atoms with Gasteiger partial charge < -0.3 is 14.7 Å². The van der Waals surface area contributed by atoms with Crippen molar-refractivity contribution < 1.29 is 19.4 Å². The summed E-state index contributed by atoms with van der Waals surface area (Å²) in [7, 11) is 1.53. The minimum Gasteiger partial charge on any atom is -0.503 e. The third kappa shape index (κ3) is 3.20. The van der Waals surface area contributed by atoms with Crippen molar-refractivity contribution in [2.75, 3.05) is 13.7 Å². The van der Waals surface area contributed by atoms with Crippen molar-refractivity contribution in [1.29, 1.82) is 0 Å². The summed E-state index contributed by atoms with van der Waals surface area (Å²) in [6.45, 7) is 7.73. The van der Waals surface area contributed by atoms with E-state index in [1.54, 1.807) is 18.2 Å². The number of benzene rings is 1. The summed E-state index contributed by atoms with van der Waals surface area (Å²) in [5.41, 5.74) is 0.811. The second-order valence-corrected chi connectivity index (χ2v) is 6.17. The molecule has 0 radical (unpaired) electrons. The zero-order chi connectivity index (χ0) is 17.9. The van der Waals surface area contributed by atoms with Gasteiger partial charge in [-0.15, -0.1) is 6.58 Å². The van der Waals surface area contributed by atoms with E-state index >= 15 is 0 Å². The highest BCUT2D eigenvalue weighted by atomic mass is 16.5. The van der Waals surface area contributed by atoms with Gasteiger partial charge in [0.25, 0.3) is 5.91 Å². The summed E-state index contributed by atoms with van der Waals surface area (Å²) in [4.78, 5) is 26.6. The highest BCUT2D eigenvalue weighted by Crippen LogP contribution is 2.41. The molecule has 128 valence electrons. The van der Waals surface area contributed by atoms with E-state index < -0.39 is 17.7 Å². The second kappa shape index (κ2) is 7.34. The lowest BCUT2D eigenvalue weighted by atomic mass is 9.91. The number of Topliss-reactive ketones (excluding diaryl/α,β-unsaturated/α-hetero) is 1. The Bertz CT molecular complexity index is 690. The summed E-state index contributed by atoms with van der Waals surface area (Å²) in [6.07, 6.45) is 1.84. The van der Waals surface area contributed by atoms with Crippen LogP contribution in [0.2, 0.25) is 0 Å². The third-order valence-electron chi connectivity index (χ3n) is 3.96. The lowest BCUT2D eigenvalue weighted by Gasteiger charge is -2.27. The van der Waals surface area contributed by atoms with Gasteiger partial charge in [-0.05, 0) is 12.0 Å². The molecule has 0 aliphatic carbocycles. The quantitative estimate of drug-likeness (QED) is 0.780. The molecule has 1 aliphatic rings. The van der Waals surface area contributed by atoms with Gasteiger partial charge in [0.15, 0.2) is 11.5 Å². The maximum absolute atomic E-state index is 12.7. The predicted octanol–water partition coefficient (Wildman–Crippen LogP) is 3.19. The summed E-state index contributed by atoms with van der Waals surface area (Å²) in [5, 5.41) is 10.3. The number of ketones is 1. The molecule has 24 heavy (non-hydrogen) atoms. The Labute approximate surface area is 142 Å². The predicted molar refractivity (Wildman–Crippen MR) is 91.8 cm³/mol. The Morgan fingerprint density at radius 3 is 2.67 bits per heavy atom. The van der Waals surface area contributed by atoms with Gasteiger partial charge in [0, 0.05) is 18.5 Å². The topological polar surface area (TPSA) is 66.8 Å². The standard InChI is InChI=1S/C19H23NO4/c1-5-10-20-17(13-8-6-7-9-15(13)24-4)16(18(22)19(20)23)14(21)11-12(2)3/h5-9,12,17,22H,1,10-11H2,2-4H3. The monoisotopic (exact) mass is 329 g/mol. The number of carbonyl (C=O) groups is 2. The molecule has 1 aromatic carbocycles. The van der Waals surface area contributed by atoms with Gasteiger partial charge in [0.1, 0.15) is 5.75 Å². The lowest BCUT2D eigenvalue weighted by Crippen LogP contribution is -2.31. The molecule has 0 saturated carbocycles. The molecule has 1 N–H and O–H groups in total. The minimum absolute atomic E-state index is 0.125. The average Bonchev–Trinajstić information content (AvgIpc) is 2.79. The number of nitrogens with zero attached hydrogens (tertiary/aromatic N) is 1. The molecule has 2 rings (SSSR count). The van der Waals surface area contributed by atoms with Crippen molar-refractivity contribution in [3.05, 3.63) is 53.8 Å². The highest BCUT2D eigenvalue weighted by Gasteiger charge is 2.43. The van der Waals surface area contributed by atoms with E-state index in [1.807, 2.05) is 26.0 Å². The Morgan fingerprint density at radius 2 is 2.08 bits per heavy atom.